The van der Waals surface area contributed by atoms with E-state index in [9.17, 15) is 4.79 Å². The molecule has 0 spiro atoms. The Morgan fingerprint density at radius 1 is 1.53 bits per heavy atom. The summed E-state index contributed by atoms with van der Waals surface area (Å²) >= 11 is 8.43. The van der Waals surface area contributed by atoms with Crippen molar-refractivity contribution in [3.05, 3.63) is 17.5 Å². The van der Waals surface area contributed by atoms with Gasteiger partial charge in [-0.15, -0.1) is 10.2 Å². The first-order chi connectivity index (χ1) is 8.15. The number of hydrogen-bond donors (Lipinski definition) is 1. The number of nitrogens with one attached hydrogen (secondary N) is 1. The highest BCUT2D eigenvalue weighted by Gasteiger charge is 2.10. The van der Waals surface area contributed by atoms with Crippen molar-refractivity contribution >= 4 is 45.7 Å². The van der Waals surface area contributed by atoms with E-state index in [1.165, 1.54) is 42.5 Å². The molecule has 0 bridgehead atoms. The first kappa shape index (κ1) is 12.2. The van der Waals surface area contributed by atoms with Crippen molar-refractivity contribution in [1.82, 2.24) is 20.2 Å². The number of halogens is 1. The zero-order valence-corrected chi connectivity index (χ0v) is 10.9. The molecule has 1 amide bonds. The molecule has 2 heterocycles. The SMILES string of the molecule is CC(=O)Nc1nnc(Sc2ncncc2Cl)s1. The average Bonchev–Trinajstić information content (AvgIpc) is 2.68. The van der Waals surface area contributed by atoms with Crippen LogP contribution in [0.15, 0.2) is 21.9 Å². The van der Waals surface area contributed by atoms with Crippen LogP contribution in [-0.4, -0.2) is 26.1 Å². The molecule has 2 aromatic heterocycles. The number of carbonyl (C=O) groups excluding carboxylic acids is 1. The number of carbonyl (C=O) groups is 1. The summed E-state index contributed by atoms with van der Waals surface area (Å²) in [5.41, 5.74) is 0. The van der Waals surface area contributed by atoms with E-state index in [0.717, 1.165) is 0 Å². The Morgan fingerprint density at radius 2 is 2.35 bits per heavy atom. The van der Waals surface area contributed by atoms with Gasteiger partial charge in [-0.2, -0.15) is 0 Å². The number of hydrogen-bond acceptors (Lipinski definition) is 7. The molecule has 0 aliphatic carbocycles. The van der Waals surface area contributed by atoms with E-state index < -0.39 is 0 Å². The van der Waals surface area contributed by atoms with Crippen molar-refractivity contribution in [3.63, 3.8) is 0 Å². The molecule has 88 valence electrons. The van der Waals surface area contributed by atoms with Gasteiger partial charge in [0.25, 0.3) is 0 Å². The zero-order chi connectivity index (χ0) is 12.3. The third-order valence-corrected chi connectivity index (χ3v) is 3.80. The van der Waals surface area contributed by atoms with Crippen molar-refractivity contribution in [1.29, 1.82) is 0 Å². The summed E-state index contributed by atoms with van der Waals surface area (Å²) < 4.78 is 0.648. The lowest BCUT2D eigenvalue weighted by atomic mass is 10.7. The van der Waals surface area contributed by atoms with Gasteiger partial charge >= 0.3 is 0 Å². The first-order valence-corrected chi connectivity index (χ1v) is 6.40. The zero-order valence-electron chi connectivity index (χ0n) is 8.55. The standard InChI is InChI=1S/C8H6ClN5OS2/c1-4(15)12-7-13-14-8(17-7)16-6-5(9)2-10-3-11-6/h2-3H,1H3,(H,12,13,15). The van der Waals surface area contributed by atoms with Crippen molar-refractivity contribution in [3.8, 4) is 0 Å². The Balaban J connectivity index is 2.12. The summed E-state index contributed by atoms with van der Waals surface area (Å²) in [6.45, 7) is 1.41. The molecule has 0 aliphatic rings. The first-order valence-electron chi connectivity index (χ1n) is 4.39. The number of amides is 1. The van der Waals surface area contributed by atoms with Gasteiger partial charge in [0, 0.05) is 6.92 Å². The van der Waals surface area contributed by atoms with E-state index >= 15 is 0 Å². The normalized spacial score (nSPS) is 10.2. The maximum atomic E-state index is 10.8. The molecular weight excluding hydrogens is 282 g/mol. The van der Waals surface area contributed by atoms with Gasteiger partial charge in [-0.1, -0.05) is 22.9 Å². The van der Waals surface area contributed by atoms with Gasteiger partial charge in [0.2, 0.25) is 11.0 Å². The summed E-state index contributed by atoms with van der Waals surface area (Å²) in [4.78, 5) is 18.6. The van der Waals surface area contributed by atoms with Crippen LogP contribution in [0.4, 0.5) is 5.13 Å². The van der Waals surface area contributed by atoms with Crippen LogP contribution in [0, 0.1) is 0 Å². The summed E-state index contributed by atoms with van der Waals surface area (Å²) in [6.07, 6.45) is 2.91. The van der Waals surface area contributed by atoms with E-state index in [0.29, 0.717) is 19.5 Å². The lowest BCUT2D eigenvalue weighted by molar-refractivity contribution is -0.114. The van der Waals surface area contributed by atoms with E-state index in [4.69, 9.17) is 11.6 Å². The Bertz CT molecular complexity index is 546. The molecule has 0 fully saturated rings. The summed E-state index contributed by atoms with van der Waals surface area (Å²) in [5.74, 6) is -0.183. The van der Waals surface area contributed by atoms with Crippen LogP contribution in [0.2, 0.25) is 5.02 Å². The highest BCUT2D eigenvalue weighted by molar-refractivity contribution is 8.01. The Hall–Kier alpha value is -1.25. The fourth-order valence-corrected chi connectivity index (χ4v) is 2.79. The second-order valence-electron chi connectivity index (χ2n) is 2.83. The predicted molar refractivity (Wildman–Crippen MR) is 65.4 cm³/mol. The van der Waals surface area contributed by atoms with Crippen molar-refractivity contribution in [2.24, 2.45) is 0 Å². The molecule has 0 aliphatic heterocycles. The van der Waals surface area contributed by atoms with E-state index in [-0.39, 0.29) is 5.91 Å². The van der Waals surface area contributed by atoms with Crippen LogP contribution in [0.25, 0.3) is 0 Å². The van der Waals surface area contributed by atoms with E-state index in [1.54, 1.807) is 0 Å². The van der Waals surface area contributed by atoms with Gasteiger partial charge in [0.1, 0.15) is 11.4 Å². The Kier molecular flexibility index (Phi) is 3.87. The minimum Gasteiger partial charge on any atom is -0.301 e. The largest absolute Gasteiger partial charge is 0.301 e. The molecule has 1 N–H and O–H groups in total. The minimum absolute atomic E-state index is 0.183. The highest BCUT2D eigenvalue weighted by atomic mass is 35.5. The van der Waals surface area contributed by atoms with Gasteiger partial charge in [0.15, 0.2) is 4.34 Å². The Labute approximate surface area is 110 Å². The predicted octanol–water partition coefficient (Wildman–Crippen LogP) is 2.09. The fraction of sp³-hybridized carbons (Fsp3) is 0.125. The van der Waals surface area contributed by atoms with Crippen LogP contribution in [0.3, 0.4) is 0 Å². The van der Waals surface area contributed by atoms with Crippen molar-refractivity contribution < 1.29 is 4.79 Å². The monoisotopic (exact) mass is 287 g/mol. The van der Waals surface area contributed by atoms with E-state index in [1.807, 2.05) is 0 Å². The third kappa shape index (κ3) is 3.35. The smallest absolute Gasteiger partial charge is 0.223 e. The molecule has 0 saturated carbocycles. The highest BCUT2D eigenvalue weighted by Crippen LogP contribution is 2.33. The van der Waals surface area contributed by atoms with Gasteiger partial charge in [-0.05, 0) is 11.8 Å². The molecule has 0 radical (unpaired) electrons. The quantitative estimate of drug-likeness (QED) is 0.688. The molecule has 17 heavy (non-hydrogen) atoms. The molecule has 2 rings (SSSR count). The number of nitrogens with zero attached hydrogens (tertiary/aromatic N) is 4. The molecular formula is C8H6ClN5OS2. The lowest BCUT2D eigenvalue weighted by Gasteiger charge is -1.96. The molecule has 0 aromatic carbocycles. The Morgan fingerprint density at radius 3 is 3.06 bits per heavy atom. The lowest BCUT2D eigenvalue weighted by Crippen LogP contribution is -2.04. The van der Waals surface area contributed by atoms with Crippen LogP contribution >= 0.6 is 34.7 Å². The van der Waals surface area contributed by atoms with E-state index in [2.05, 4.69) is 25.5 Å². The summed E-state index contributed by atoms with van der Waals surface area (Å²) in [6, 6.07) is 0. The minimum atomic E-state index is -0.183. The number of anilines is 1. The van der Waals surface area contributed by atoms with Gasteiger partial charge in [0.05, 0.1) is 11.2 Å². The van der Waals surface area contributed by atoms with Crippen LogP contribution < -0.4 is 5.32 Å². The van der Waals surface area contributed by atoms with Crippen LogP contribution in [0.5, 0.6) is 0 Å². The molecule has 0 unspecified atom stereocenters. The summed E-state index contributed by atoms with van der Waals surface area (Å²) in [5, 5.41) is 11.8. The maximum absolute atomic E-state index is 10.8. The molecule has 0 atom stereocenters. The molecule has 6 nitrogen and oxygen atoms in total. The van der Waals surface area contributed by atoms with Crippen LogP contribution in [0.1, 0.15) is 6.92 Å². The second kappa shape index (κ2) is 5.39. The van der Waals surface area contributed by atoms with Crippen LogP contribution in [-0.2, 0) is 4.79 Å². The van der Waals surface area contributed by atoms with Crippen molar-refractivity contribution in [2.75, 3.05) is 5.32 Å². The molecule has 0 saturated heterocycles. The number of rotatable bonds is 3. The third-order valence-electron chi connectivity index (χ3n) is 1.51. The topological polar surface area (TPSA) is 80.7 Å². The average molecular weight is 288 g/mol. The molecule has 9 heteroatoms. The maximum Gasteiger partial charge on any atom is 0.223 e. The number of aromatic nitrogens is 4. The fourth-order valence-electron chi connectivity index (χ4n) is 0.911. The summed E-state index contributed by atoms with van der Waals surface area (Å²) in [7, 11) is 0. The van der Waals surface area contributed by atoms with Gasteiger partial charge in [-0.3, -0.25) is 4.79 Å². The molecule has 2 aromatic rings. The van der Waals surface area contributed by atoms with Gasteiger partial charge < -0.3 is 5.32 Å². The second-order valence-corrected chi connectivity index (χ2v) is 5.45. The van der Waals surface area contributed by atoms with Crippen molar-refractivity contribution in [2.45, 2.75) is 16.3 Å². The van der Waals surface area contributed by atoms with Gasteiger partial charge in [-0.25, -0.2) is 9.97 Å².